The topological polar surface area (TPSA) is 59.9 Å². The summed E-state index contributed by atoms with van der Waals surface area (Å²) in [4.78, 5) is 7.28. The molecule has 3 N–H and O–H groups in total. The summed E-state index contributed by atoms with van der Waals surface area (Å²) in [5.74, 6) is 0.672. The lowest BCUT2D eigenvalue weighted by Gasteiger charge is -2.16. The maximum absolute atomic E-state index is 10.5. The van der Waals surface area contributed by atoms with Gasteiger partial charge in [0, 0.05) is 49.5 Å². The van der Waals surface area contributed by atoms with Gasteiger partial charge >= 0.3 is 0 Å². The number of hydrogen-bond donors (Lipinski definition) is 3. The number of hydrogen-bond acceptors (Lipinski definition) is 4. The first-order valence-electron chi connectivity index (χ1n) is 8.94. The van der Waals surface area contributed by atoms with Crippen molar-refractivity contribution >= 4 is 57.0 Å². The zero-order valence-corrected chi connectivity index (χ0v) is 19.5. The predicted molar refractivity (Wildman–Crippen MR) is 131 cm³/mol. The first-order chi connectivity index (χ1) is 13.1. The number of aliphatic hydroxyl groups is 1. The molecule has 0 amide bonds. The average molecular weight is 510 g/mol. The first-order valence-corrected chi connectivity index (χ1v) is 9.76. The van der Waals surface area contributed by atoms with E-state index < -0.39 is 6.10 Å². The van der Waals surface area contributed by atoms with Gasteiger partial charge in [-0.25, -0.2) is 0 Å². The maximum Gasteiger partial charge on any atom is 0.191 e. The standard InChI is InChI=1S/C21H26N4OS.HI/c1-22-21(23-13-15-7-6-9-17(11-15)25(2)3)24-14-18(26)20-12-16-8-4-5-10-19(16)27-20;/h4-12,18,26H,13-14H2,1-3H3,(H2,22,23,24);1H. The van der Waals surface area contributed by atoms with Crippen LogP contribution in [-0.4, -0.2) is 38.8 Å². The lowest BCUT2D eigenvalue weighted by molar-refractivity contribution is 0.184. The van der Waals surface area contributed by atoms with Crippen LogP contribution in [0.4, 0.5) is 5.69 Å². The molecule has 2 aromatic carbocycles. The van der Waals surface area contributed by atoms with Crippen LogP contribution in [-0.2, 0) is 6.54 Å². The molecular weight excluding hydrogens is 483 g/mol. The summed E-state index contributed by atoms with van der Waals surface area (Å²) in [6, 6.07) is 18.6. The fourth-order valence-corrected chi connectivity index (χ4v) is 3.86. The second kappa shape index (κ2) is 10.6. The van der Waals surface area contributed by atoms with Gasteiger partial charge < -0.3 is 20.6 Å². The average Bonchev–Trinajstić information content (AvgIpc) is 3.12. The van der Waals surface area contributed by atoms with E-state index in [4.69, 9.17) is 0 Å². The molecule has 0 spiro atoms. The number of fused-ring (bicyclic) bond motifs is 1. The Morgan fingerprint density at radius 3 is 2.61 bits per heavy atom. The molecule has 0 aliphatic rings. The van der Waals surface area contributed by atoms with E-state index in [1.165, 1.54) is 15.6 Å². The smallest absolute Gasteiger partial charge is 0.191 e. The van der Waals surface area contributed by atoms with Gasteiger partial charge in [0.15, 0.2) is 5.96 Å². The molecule has 0 fully saturated rings. The number of aliphatic imine (C=N–C) groups is 1. The van der Waals surface area contributed by atoms with E-state index in [1.54, 1.807) is 18.4 Å². The zero-order valence-electron chi connectivity index (χ0n) is 16.3. The third-order valence-corrected chi connectivity index (χ3v) is 5.56. The predicted octanol–water partition coefficient (Wildman–Crippen LogP) is 3.98. The Bertz CT molecular complexity index is 892. The fourth-order valence-electron chi connectivity index (χ4n) is 2.81. The molecule has 0 aliphatic carbocycles. The SMILES string of the molecule is CN=C(NCc1cccc(N(C)C)c1)NCC(O)c1cc2ccccc2s1.I. The van der Waals surface area contributed by atoms with E-state index in [2.05, 4.69) is 56.9 Å². The van der Waals surface area contributed by atoms with E-state index >= 15 is 0 Å². The number of guanidine groups is 1. The van der Waals surface area contributed by atoms with Crippen LogP contribution in [0, 0.1) is 0 Å². The molecule has 3 rings (SSSR count). The van der Waals surface area contributed by atoms with Crippen LogP contribution in [0.25, 0.3) is 10.1 Å². The molecule has 0 saturated heterocycles. The highest BCUT2D eigenvalue weighted by Gasteiger charge is 2.12. The van der Waals surface area contributed by atoms with Gasteiger partial charge in [0.1, 0.15) is 6.10 Å². The lowest BCUT2D eigenvalue weighted by atomic mass is 10.2. The van der Waals surface area contributed by atoms with Crippen LogP contribution in [0.2, 0.25) is 0 Å². The summed E-state index contributed by atoms with van der Waals surface area (Å²) in [5, 5.41) is 18.2. The second-order valence-electron chi connectivity index (χ2n) is 6.57. The van der Waals surface area contributed by atoms with Gasteiger partial charge in [-0.1, -0.05) is 30.3 Å². The largest absolute Gasteiger partial charge is 0.386 e. The van der Waals surface area contributed by atoms with Crippen LogP contribution in [0.1, 0.15) is 16.5 Å². The Labute approximate surface area is 187 Å². The van der Waals surface area contributed by atoms with Gasteiger partial charge in [0.25, 0.3) is 0 Å². The van der Waals surface area contributed by atoms with Crippen LogP contribution in [0.5, 0.6) is 0 Å². The van der Waals surface area contributed by atoms with Crippen molar-refractivity contribution in [3.63, 3.8) is 0 Å². The number of benzene rings is 2. The molecule has 0 bridgehead atoms. The van der Waals surface area contributed by atoms with Crippen molar-refractivity contribution in [1.82, 2.24) is 10.6 Å². The number of nitrogens with zero attached hydrogens (tertiary/aromatic N) is 2. The molecule has 28 heavy (non-hydrogen) atoms. The quantitative estimate of drug-likeness (QED) is 0.267. The van der Waals surface area contributed by atoms with Crippen molar-refractivity contribution in [3.05, 3.63) is 65.0 Å². The Morgan fingerprint density at radius 2 is 1.89 bits per heavy atom. The van der Waals surface area contributed by atoms with Crippen molar-refractivity contribution in [1.29, 1.82) is 0 Å². The number of thiophene rings is 1. The van der Waals surface area contributed by atoms with Gasteiger partial charge in [-0.05, 0) is 35.2 Å². The highest BCUT2D eigenvalue weighted by Crippen LogP contribution is 2.29. The van der Waals surface area contributed by atoms with Gasteiger partial charge in [0.05, 0.1) is 0 Å². The fraction of sp³-hybridized carbons (Fsp3) is 0.286. The van der Waals surface area contributed by atoms with Crippen LogP contribution < -0.4 is 15.5 Å². The van der Waals surface area contributed by atoms with E-state index in [9.17, 15) is 5.11 Å². The number of rotatable bonds is 6. The van der Waals surface area contributed by atoms with Crippen molar-refractivity contribution in [2.75, 3.05) is 32.6 Å². The Kier molecular flexibility index (Phi) is 8.53. The molecule has 5 nitrogen and oxygen atoms in total. The van der Waals surface area contributed by atoms with E-state index in [0.29, 0.717) is 19.0 Å². The Hall–Kier alpha value is -1.84. The third-order valence-electron chi connectivity index (χ3n) is 4.35. The number of aliphatic hydroxyl groups excluding tert-OH is 1. The minimum absolute atomic E-state index is 0. The maximum atomic E-state index is 10.5. The van der Waals surface area contributed by atoms with Gasteiger partial charge in [0.2, 0.25) is 0 Å². The van der Waals surface area contributed by atoms with Crippen molar-refractivity contribution in [2.45, 2.75) is 12.6 Å². The van der Waals surface area contributed by atoms with E-state index in [1.807, 2.05) is 32.3 Å². The van der Waals surface area contributed by atoms with Crippen molar-refractivity contribution < 1.29 is 5.11 Å². The molecule has 7 heteroatoms. The van der Waals surface area contributed by atoms with E-state index in [0.717, 1.165) is 10.6 Å². The van der Waals surface area contributed by atoms with Crippen LogP contribution in [0.15, 0.2) is 59.6 Å². The van der Waals surface area contributed by atoms with Crippen LogP contribution in [0.3, 0.4) is 0 Å². The lowest BCUT2D eigenvalue weighted by Crippen LogP contribution is -2.38. The molecule has 1 aromatic heterocycles. The monoisotopic (exact) mass is 510 g/mol. The number of nitrogens with one attached hydrogen (secondary N) is 2. The summed E-state index contributed by atoms with van der Waals surface area (Å²) in [6.45, 7) is 1.07. The van der Waals surface area contributed by atoms with Gasteiger partial charge in [-0.2, -0.15) is 0 Å². The van der Waals surface area contributed by atoms with Crippen LogP contribution >= 0.6 is 35.3 Å². The summed E-state index contributed by atoms with van der Waals surface area (Å²) in [5.41, 5.74) is 2.34. The minimum atomic E-state index is -0.571. The minimum Gasteiger partial charge on any atom is -0.386 e. The van der Waals surface area contributed by atoms with E-state index in [-0.39, 0.29) is 24.0 Å². The van der Waals surface area contributed by atoms with Gasteiger partial charge in [-0.15, -0.1) is 35.3 Å². The zero-order chi connectivity index (χ0) is 19.2. The Morgan fingerprint density at radius 1 is 1.11 bits per heavy atom. The second-order valence-corrected chi connectivity index (χ2v) is 7.69. The van der Waals surface area contributed by atoms with Crippen molar-refractivity contribution in [2.24, 2.45) is 4.99 Å². The van der Waals surface area contributed by atoms with Crippen molar-refractivity contribution in [3.8, 4) is 0 Å². The molecular formula is C21H27IN4OS. The highest BCUT2D eigenvalue weighted by molar-refractivity contribution is 14.0. The van der Waals surface area contributed by atoms with Gasteiger partial charge in [-0.3, -0.25) is 4.99 Å². The molecule has 0 saturated carbocycles. The first kappa shape index (κ1) is 22.4. The molecule has 150 valence electrons. The molecule has 3 aromatic rings. The number of halogens is 1. The summed E-state index contributed by atoms with van der Waals surface area (Å²) in [7, 11) is 5.79. The normalized spacial score (nSPS) is 12.4. The highest BCUT2D eigenvalue weighted by atomic mass is 127. The number of anilines is 1. The molecule has 1 heterocycles. The molecule has 1 unspecified atom stereocenters. The third kappa shape index (κ3) is 5.83. The Balaban J connectivity index is 0.00000280. The summed E-state index contributed by atoms with van der Waals surface area (Å²) < 4.78 is 1.19. The summed E-state index contributed by atoms with van der Waals surface area (Å²) >= 11 is 1.62. The molecule has 0 radical (unpaired) electrons. The molecule has 0 aliphatic heterocycles. The molecule has 1 atom stereocenters. The summed E-state index contributed by atoms with van der Waals surface area (Å²) in [6.07, 6.45) is -0.571.